The van der Waals surface area contributed by atoms with Gasteiger partial charge in [-0.2, -0.15) is 4.73 Å². The van der Waals surface area contributed by atoms with Crippen LogP contribution in [-0.4, -0.2) is 133 Å². The zero-order valence-corrected chi connectivity index (χ0v) is 48.4. The van der Waals surface area contributed by atoms with Gasteiger partial charge in [0.1, 0.15) is 36.2 Å². The number of carbonyl (C=O) groups excluding carboxylic acids is 6. The monoisotopic (exact) mass is 1090 g/mol. The van der Waals surface area contributed by atoms with E-state index in [2.05, 4.69) is 0 Å². The number of aromatic nitrogens is 1. The van der Waals surface area contributed by atoms with Gasteiger partial charge < -0.3 is 48.7 Å². The second kappa shape index (κ2) is 29.0. The Hall–Kier alpha value is -4.91. The zero-order chi connectivity index (χ0) is 57.6. The Morgan fingerprint density at radius 1 is 0.910 bits per heavy atom. The number of fused-ring (bicyclic) bond motifs is 3. The van der Waals surface area contributed by atoms with Crippen LogP contribution in [-0.2, 0) is 63.6 Å². The molecule has 2 N–H and O–H groups in total. The molecule has 0 unspecified atom stereocenters. The minimum absolute atomic E-state index is 0.00357. The molecular weight excluding hydrogens is 1000 g/mol. The van der Waals surface area contributed by atoms with E-state index in [4.69, 9.17) is 28.4 Å². The lowest BCUT2D eigenvalue weighted by Crippen LogP contribution is -2.61. The molecule has 1 aromatic heterocycles. The fourth-order valence-corrected chi connectivity index (χ4v) is 11.7. The van der Waals surface area contributed by atoms with Crippen LogP contribution in [0.1, 0.15) is 145 Å². The Bertz CT molecular complexity index is 2360. The molecule has 0 aromatic carbocycles. The lowest BCUT2D eigenvalue weighted by Gasteiger charge is -2.42. The average Bonchev–Trinajstić information content (AvgIpc) is 3.48. The minimum atomic E-state index is -2.47. The summed E-state index contributed by atoms with van der Waals surface area (Å²) in [7, 11) is 4.50. The number of nitrogens with zero attached hydrogens (tertiary/aromatic N) is 2. The molecular formula is C61H90N2O15. The molecule has 3 fully saturated rings. The molecule has 2 bridgehead atoms. The van der Waals surface area contributed by atoms with E-state index in [1.54, 1.807) is 74.0 Å². The van der Waals surface area contributed by atoms with Gasteiger partial charge in [-0.1, -0.05) is 71.1 Å². The number of hydrogen-bond donors (Lipinski definition) is 2. The number of hydrogen-bond acceptors (Lipinski definition) is 15. The van der Waals surface area contributed by atoms with Crippen molar-refractivity contribution in [1.29, 1.82) is 0 Å². The van der Waals surface area contributed by atoms with Gasteiger partial charge in [-0.15, -0.1) is 0 Å². The van der Waals surface area contributed by atoms with Gasteiger partial charge in [-0.3, -0.25) is 24.0 Å². The molecule has 1 aromatic rings. The van der Waals surface area contributed by atoms with Crippen LogP contribution in [0.5, 0.6) is 0 Å². The topological polar surface area (TPSA) is 228 Å². The minimum Gasteiger partial charge on any atom is -0.619 e. The summed E-state index contributed by atoms with van der Waals surface area (Å²) in [6, 6.07) is 2.23. The number of pyridine rings is 1. The Kier molecular flexibility index (Phi) is 23.8. The second-order valence-corrected chi connectivity index (χ2v) is 23.6. The largest absolute Gasteiger partial charge is 0.619 e. The molecule has 78 heavy (non-hydrogen) atoms. The molecule has 5 rings (SSSR count). The average molecular weight is 1090 g/mol. The van der Waals surface area contributed by atoms with E-state index >= 15 is 0 Å². The summed E-state index contributed by atoms with van der Waals surface area (Å²) in [4.78, 5) is 86.5. The number of rotatable bonds is 10. The van der Waals surface area contributed by atoms with Crippen LogP contribution in [0.2, 0.25) is 0 Å². The molecule has 1 saturated carbocycles. The highest BCUT2D eigenvalue weighted by atomic mass is 16.6. The van der Waals surface area contributed by atoms with E-state index in [1.165, 1.54) is 24.4 Å². The van der Waals surface area contributed by atoms with Crippen molar-refractivity contribution in [2.75, 3.05) is 27.9 Å². The highest BCUT2D eigenvalue weighted by molar-refractivity contribution is 6.39. The molecule has 17 heteroatoms. The van der Waals surface area contributed by atoms with E-state index in [0.717, 1.165) is 5.57 Å². The first-order chi connectivity index (χ1) is 36.8. The molecule has 17 nitrogen and oxygen atoms in total. The fourth-order valence-electron chi connectivity index (χ4n) is 11.7. The molecule has 1 amide bonds. The van der Waals surface area contributed by atoms with Crippen LogP contribution >= 0.6 is 0 Å². The normalized spacial score (nSPS) is 35.7. The van der Waals surface area contributed by atoms with Crippen LogP contribution in [0.4, 0.5) is 0 Å². The van der Waals surface area contributed by atoms with Gasteiger partial charge in [-0.05, 0) is 133 Å². The molecule has 3 aliphatic heterocycles. The highest BCUT2D eigenvalue weighted by Crippen LogP contribution is 2.39. The first-order valence-corrected chi connectivity index (χ1v) is 28.2. The number of Topliss-reactive ketones (excluding diaryl/α,β-unsaturated/α-hetero) is 3. The number of carbonyl (C=O) groups is 6. The summed E-state index contributed by atoms with van der Waals surface area (Å²) in [6.07, 6.45) is 13.4. The van der Waals surface area contributed by atoms with Crippen LogP contribution in [0.15, 0.2) is 72.1 Å². The molecule has 1 aliphatic carbocycles. The maximum Gasteiger partial charge on any atom is 0.329 e. The Morgan fingerprint density at radius 2 is 1.64 bits per heavy atom. The van der Waals surface area contributed by atoms with Crippen molar-refractivity contribution in [1.82, 2.24) is 4.90 Å². The molecule has 0 radical (unpaired) electrons. The number of aliphatic hydroxyl groups is 2. The van der Waals surface area contributed by atoms with Gasteiger partial charge in [0.2, 0.25) is 5.79 Å². The van der Waals surface area contributed by atoms with Crippen molar-refractivity contribution in [2.45, 2.75) is 200 Å². The summed E-state index contributed by atoms with van der Waals surface area (Å²) in [5.41, 5.74) is 0.985. The van der Waals surface area contributed by atoms with E-state index in [1.807, 2.05) is 51.2 Å². The smallest absolute Gasteiger partial charge is 0.329 e. The van der Waals surface area contributed by atoms with Gasteiger partial charge in [0.25, 0.3) is 11.7 Å². The maximum absolute atomic E-state index is 14.6. The van der Waals surface area contributed by atoms with Crippen molar-refractivity contribution >= 4 is 35.2 Å². The lowest BCUT2D eigenvalue weighted by atomic mass is 9.78. The van der Waals surface area contributed by atoms with E-state index in [0.29, 0.717) is 86.5 Å². The summed E-state index contributed by atoms with van der Waals surface area (Å²) >= 11 is 0. The molecule has 4 heterocycles. The van der Waals surface area contributed by atoms with Gasteiger partial charge in [0.15, 0.2) is 18.2 Å². The second-order valence-electron chi connectivity index (χ2n) is 23.6. The van der Waals surface area contributed by atoms with Crippen molar-refractivity contribution < 1.29 is 72.1 Å². The first kappa shape index (κ1) is 63.9. The highest BCUT2D eigenvalue weighted by Gasteiger charge is 2.53. The lowest BCUT2D eigenvalue weighted by molar-refractivity contribution is -0.605. The predicted molar refractivity (Wildman–Crippen MR) is 292 cm³/mol. The summed E-state index contributed by atoms with van der Waals surface area (Å²) < 4.78 is 36.8. The number of allylic oxidation sites excluding steroid dienone is 6. The van der Waals surface area contributed by atoms with E-state index in [-0.39, 0.29) is 42.8 Å². The van der Waals surface area contributed by atoms with Crippen molar-refractivity contribution in [3.63, 3.8) is 0 Å². The molecule has 4 aliphatic rings. The van der Waals surface area contributed by atoms with E-state index < -0.39 is 107 Å². The third kappa shape index (κ3) is 16.8. The van der Waals surface area contributed by atoms with Crippen LogP contribution in [0.25, 0.3) is 0 Å². The number of ether oxygens (including phenoxy) is 6. The number of esters is 2. The van der Waals surface area contributed by atoms with Crippen molar-refractivity contribution in [3.8, 4) is 0 Å². The Morgan fingerprint density at radius 3 is 2.32 bits per heavy atom. The zero-order valence-electron chi connectivity index (χ0n) is 48.4. The molecule has 15 atom stereocenters. The SMILES string of the molecule is CO[C@H]1C[C@@H]2CC[C@@H](C)[C@@](O)(O2)C(=O)C(=O)N2CCCC[C@H]2C(=O)O[C@H]([C@H](C)C[C@@H]2CC[C@@H](OC(=O)C(C)(C)Cc3ccc[n+]([O-])c3)[C@H](OC)C2)CC(=O)[C@H](C)/C=C(\C)[C@@H](O)[C@@H](OC)C(=O)[C@H](C)C[C@H](C)/C=C/C=C/C=C/1C. The maximum atomic E-state index is 14.6. The molecule has 0 spiro atoms. The van der Waals surface area contributed by atoms with Gasteiger partial charge >= 0.3 is 11.9 Å². The Labute approximate surface area is 462 Å². The number of amides is 1. The van der Waals surface area contributed by atoms with Gasteiger partial charge in [-0.25, -0.2) is 4.79 Å². The van der Waals surface area contributed by atoms with Crippen LogP contribution in [0.3, 0.4) is 0 Å². The van der Waals surface area contributed by atoms with Crippen LogP contribution in [0, 0.1) is 46.1 Å². The Balaban J connectivity index is 1.43. The summed E-state index contributed by atoms with van der Waals surface area (Å²) in [5.74, 6) is -8.91. The molecule has 434 valence electrons. The third-order valence-electron chi connectivity index (χ3n) is 16.7. The van der Waals surface area contributed by atoms with Gasteiger partial charge in [0.05, 0.1) is 23.7 Å². The predicted octanol–water partition coefficient (Wildman–Crippen LogP) is 7.63. The summed E-state index contributed by atoms with van der Waals surface area (Å²) in [5, 5.41) is 35.5. The van der Waals surface area contributed by atoms with Crippen molar-refractivity contribution in [3.05, 3.63) is 82.9 Å². The number of methoxy groups -OCH3 is 3. The standard InChI is InChI=1S/C61H90N2O15/c1-37-19-14-13-15-20-38(2)50(73-10)33-46-25-23-43(7)61(71,78-46)56(67)57(68)63-28-17-16-22-47(63)58(69)76-51(34-48(64)39(3)30-42(6)54(66)55(75-12)53(65)41(5)29-37)40(4)31-44-24-26-49(52(32-44)74-11)77-59(70)60(8,9)35-45-21-18-27-62(72)36-45/h13-15,18-21,27,30,36-37,39-41,43-44,46-47,49-52,54-55,66,71H,16-17,22-26,28-29,31-35H2,1-12H3/b15-13+,19-14+,38-20+,42-30+/t37-,39-,40-,41-,43-,44+,46+,47+,49-,50+,51+,52-,54-,55+,61-/m1/s1. The van der Waals surface area contributed by atoms with Gasteiger partial charge in [0, 0.05) is 70.1 Å². The fraction of sp³-hybridized carbons (Fsp3) is 0.689. The van der Waals surface area contributed by atoms with Crippen LogP contribution < -0.4 is 4.73 Å². The summed E-state index contributed by atoms with van der Waals surface area (Å²) in [6.45, 7) is 16.2. The number of cyclic esters (lactones) is 1. The quantitative estimate of drug-likeness (QED) is 0.0755. The molecule has 2 saturated heterocycles. The number of aliphatic hydroxyl groups excluding tert-OH is 1. The van der Waals surface area contributed by atoms with E-state index in [9.17, 15) is 44.2 Å². The first-order valence-electron chi connectivity index (χ1n) is 28.2. The number of ketones is 3. The third-order valence-corrected chi connectivity index (χ3v) is 16.7. The number of piperidine rings is 1. The van der Waals surface area contributed by atoms with Crippen molar-refractivity contribution in [2.24, 2.45) is 40.9 Å².